The lowest BCUT2D eigenvalue weighted by Gasteiger charge is -2.39. The number of Topliss-reactive ketones (excluding diaryl/α,β-unsaturated/α-hetero) is 1. The maximum Gasteiger partial charge on any atom is 0.501 e. The highest BCUT2D eigenvalue weighted by Gasteiger charge is 2.45. The summed E-state index contributed by atoms with van der Waals surface area (Å²) in [5.41, 5.74) is 15.2. The van der Waals surface area contributed by atoms with Crippen molar-refractivity contribution in [1.82, 2.24) is 9.80 Å². The monoisotopic (exact) mass is 1360 g/mol. The van der Waals surface area contributed by atoms with E-state index in [0.717, 1.165) is 39.5 Å². The molecule has 2 amide bonds. The van der Waals surface area contributed by atoms with Gasteiger partial charge >= 0.3 is 10.4 Å². The van der Waals surface area contributed by atoms with Gasteiger partial charge in [0.1, 0.15) is 56.5 Å². The highest BCUT2D eigenvalue weighted by Crippen LogP contribution is 2.42. The van der Waals surface area contributed by atoms with Crippen molar-refractivity contribution in [3.8, 4) is 40.2 Å². The van der Waals surface area contributed by atoms with Gasteiger partial charge in [-0.25, -0.2) is 0 Å². The minimum absolute atomic E-state index is 0.0126. The Labute approximate surface area is 560 Å². The average molecular weight is 1360 g/mol. The number of azide groups is 1. The van der Waals surface area contributed by atoms with Gasteiger partial charge in [0, 0.05) is 78.8 Å². The summed E-state index contributed by atoms with van der Waals surface area (Å²) in [6.07, 6.45) is -3.48. The van der Waals surface area contributed by atoms with Crippen LogP contribution in [0, 0.1) is 0 Å². The third-order valence-electron chi connectivity index (χ3n) is 16.5. The highest BCUT2D eigenvalue weighted by atomic mass is 32.3. The second-order valence-electron chi connectivity index (χ2n) is 24.5. The van der Waals surface area contributed by atoms with E-state index in [-0.39, 0.29) is 100.0 Å². The van der Waals surface area contributed by atoms with E-state index in [0.29, 0.717) is 102 Å². The zero-order valence-corrected chi connectivity index (χ0v) is 55.0. The van der Waals surface area contributed by atoms with Crippen LogP contribution in [0.1, 0.15) is 79.0 Å². The van der Waals surface area contributed by atoms with Crippen LogP contribution < -0.4 is 32.1 Å². The molecule has 28 nitrogen and oxygen atoms in total. The number of rotatable bonds is 33. The van der Waals surface area contributed by atoms with E-state index in [4.69, 9.17) is 66.5 Å². The first-order valence-electron chi connectivity index (χ1n) is 31.4. The zero-order valence-electron chi connectivity index (χ0n) is 54.2. The highest BCUT2D eigenvalue weighted by molar-refractivity contribution is 7.82. The summed E-state index contributed by atoms with van der Waals surface area (Å²) in [5, 5.41) is 44.8. The molecule has 1 unspecified atom stereocenters. The SMILES string of the molecule is C=C1C[C@H]2C=Nc3cc(OCc4cc(COc5cc6c(cc5OC)C(=O)N5CC(=C)C[C@H]5C=N6)cc(C[N+](C)(C)Cc5ccc(OS(=O)(=O)Oc6cc(C(=O)CCCOCCOCCOCCN=[N+]=[N-])ccc6OC6O[C@H](CO)[C@H](O)[C@H](O)[C@H]6O)cc5)c4)c(OC)cc3C(=O)N2C1. The van der Waals surface area contributed by atoms with Gasteiger partial charge < -0.3 is 85.7 Å². The Hall–Kier alpha value is -8.97. The van der Waals surface area contributed by atoms with Crippen LogP contribution >= 0.6 is 0 Å². The number of hydrogen-bond donors (Lipinski definition) is 4. The summed E-state index contributed by atoms with van der Waals surface area (Å²) in [6.45, 7) is 11.1. The Kier molecular flexibility index (Phi) is 23.3. The molecular formula is C68H79N8O20S+. The normalized spacial score (nSPS) is 20.4. The molecular weight excluding hydrogens is 1280 g/mol. The molecule has 0 spiro atoms. The van der Waals surface area contributed by atoms with Crippen LogP contribution in [0.15, 0.2) is 124 Å². The minimum atomic E-state index is -5.03. The van der Waals surface area contributed by atoms with Crippen molar-refractivity contribution >= 4 is 51.8 Å². The van der Waals surface area contributed by atoms with Crippen LogP contribution in [0.25, 0.3) is 10.4 Å². The van der Waals surface area contributed by atoms with Crippen molar-refractivity contribution < 1.29 is 98.7 Å². The summed E-state index contributed by atoms with van der Waals surface area (Å²) in [4.78, 5) is 56.6. The fourth-order valence-electron chi connectivity index (χ4n) is 11.9. The topological polar surface area (TPSA) is 348 Å². The number of aliphatic imine (C=N–C) groups is 2. The van der Waals surface area contributed by atoms with Crippen LogP contribution in [-0.2, 0) is 55.6 Å². The number of carbonyl (C=O) groups is 3. The maximum atomic E-state index is 13.8. The van der Waals surface area contributed by atoms with Gasteiger partial charge in [0.2, 0.25) is 6.29 Å². The van der Waals surface area contributed by atoms with Crippen LogP contribution in [-0.4, -0.2) is 210 Å². The smallest absolute Gasteiger partial charge is 0.493 e. The van der Waals surface area contributed by atoms with Crippen molar-refractivity contribution in [2.75, 3.05) is 94.2 Å². The number of fused-ring (bicyclic) bond motifs is 4. The first kappa shape index (κ1) is 70.8. The van der Waals surface area contributed by atoms with Gasteiger partial charge in [-0.05, 0) is 109 Å². The number of hydrogen-bond acceptors (Lipinski definition) is 23. The molecule has 10 rings (SSSR count). The number of amides is 2. The predicted octanol–water partition coefficient (Wildman–Crippen LogP) is 6.82. The Morgan fingerprint density at radius 3 is 1.77 bits per heavy atom. The quantitative estimate of drug-likeness (QED) is 0.00637. The van der Waals surface area contributed by atoms with E-state index >= 15 is 0 Å². The Bertz CT molecular complexity index is 3820. The van der Waals surface area contributed by atoms with Gasteiger partial charge in [-0.2, -0.15) is 0 Å². The Morgan fingerprint density at radius 1 is 0.670 bits per heavy atom. The molecule has 0 aliphatic carbocycles. The van der Waals surface area contributed by atoms with E-state index in [2.05, 4.69) is 23.2 Å². The third-order valence-corrected chi connectivity index (χ3v) is 17.3. The second kappa shape index (κ2) is 31.9. The number of benzene rings is 5. The molecule has 3 saturated heterocycles. The number of aliphatic hydroxyl groups excluding tert-OH is 4. The number of methoxy groups -OCH3 is 2. The number of carbonyl (C=O) groups excluding carboxylic acids is 3. The van der Waals surface area contributed by atoms with Crippen molar-refractivity contribution in [3.63, 3.8) is 0 Å². The largest absolute Gasteiger partial charge is 0.501 e. The number of quaternary nitrogens is 1. The molecule has 0 aromatic heterocycles. The van der Waals surface area contributed by atoms with Crippen molar-refractivity contribution in [1.29, 1.82) is 0 Å². The summed E-state index contributed by atoms with van der Waals surface area (Å²) in [5.74, 6) is -0.386. The average Bonchev–Trinajstić information content (AvgIpc) is 1.79. The first-order valence-corrected chi connectivity index (χ1v) is 32.7. The molecule has 0 saturated carbocycles. The molecule has 3 fully saturated rings. The van der Waals surface area contributed by atoms with Gasteiger partial charge in [-0.15, -0.1) is 8.42 Å². The molecule has 5 heterocycles. The van der Waals surface area contributed by atoms with Crippen molar-refractivity contribution in [3.05, 3.63) is 159 Å². The van der Waals surface area contributed by atoms with Gasteiger partial charge in [0.05, 0.1) is 103 Å². The van der Waals surface area contributed by atoms with Crippen LogP contribution in [0.4, 0.5) is 11.4 Å². The predicted molar refractivity (Wildman–Crippen MR) is 352 cm³/mol. The van der Waals surface area contributed by atoms with Crippen LogP contribution in [0.2, 0.25) is 0 Å². The van der Waals surface area contributed by atoms with E-state index < -0.39 is 59.2 Å². The molecule has 29 heteroatoms. The molecule has 5 aliphatic heterocycles. The van der Waals surface area contributed by atoms with E-state index in [1.54, 1.807) is 58.6 Å². The van der Waals surface area contributed by atoms with Gasteiger partial charge in [-0.1, -0.05) is 29.4 Å². The summed E-state index contributed by atoms with van der Waals surface area (Å²) in [6, 6.07) is 22.2. The van der Waals surface area contributed by atoms with Crippen molar-refractivity contribution in [2.45, 2.75) is 94.8 Å². The fourth-order valence-corrected chi connectivity index (χ4v) is 12.6. The lowest BCUT2D eigenvalue weighted by atomic mass is 9.99. The second-order valence-corrected chi connectivity index (χ2v) is 25.7. The van der Waals surface area contributed by atoms with Crippen LogP contribution in [0.3, 0.4) is 0 Å². The molecule has 0 radical (unpaired) electrons. The van der Waals surface area contributed by atoms with Gasteiger partial charge in [0.25, 0.3) is 11.8 Å². The van der Waals surface area contributed by atoms with Crippen molar-refractivity contribution in [2.24, 2.45) is 15.1 Å². The lowest BCUT2D eigenvalue weighted by molar-refractivity contribution is -0.916. The number of ketones is 1. The first-order chi connectivity index (χ1) is 46.6. The molecule has 0 bridgehead atoms. The van der Waals surface area contributed by atoms with Crippen LogP contribution in [0.5, 0.6) is 40.2 Å². The minimum Gasteiger partial charge on any atom is -0.493 e. The van der Waals surface area contributed by atoms with E-state index in [1.807, 2.05) is 32.3 Å². The Balaban J connectivity index is 0.827. The van der Waals surface area contributed by atoms with Gasteiger partial charge in [0.15, 0.2) is 40.3 Å². The standard InChI is InChI=1S/C68H79N8O20S/c1-41-22-48-32-70-53-30-59(57(86-5)28-51(53)66(82)74(48)34-41)91-39-45-24-44(25-46(26-45)40-92-60-31-54-52(29-58(60)87-6)67(83)75-35-42(2)23-49(75)33-71-54)37-76(3,4)36-43-9-12-50(13-10-43)95-97(84,85)96-61-27-47(11-14-56(61)93-68-65(81)64(80)63(79)62(38-77)94-68)55(78)8-7-16-88-18-20-90-21-19-89-17-15-72-73-69/h9-14,24-33,48-49,62-65,68,77,79-81H,1-2,7-8,15-23,34-40H2,3-6H3/q+1/t48-,49-,62+,63-,64-,65+,68?/m0/s1. The third kappa shape index (κ3) is 18.0. The number of ether oxygens (including phenoxy) is 9. The number of nitrogens with zero attached hydrogens (tertiary/aromatic N) is 8. The molecule has 516 valence electrons. The molecule has 5 aromatic carbocycles. The zero-order chi connectivity index (χ0) is 69.0. The molecule has 5 aromatic rings. The summed E-state index contributed by atoms with van der Waals surface area (Å²) < 4.78 is 91.1. The maximum absolute atomic E-state index is 13.8. The molecule has 4 N–H and O–H groups in total. The van der Waals surface area contributed by atoms with E-state index in [9.17, 15) is 43.2 Å². The molecule has 5 aliphatic rings. The van der Waals surface area contributed by atoms with E-state index in [1.165, 1.54) is 38.5 Å². The molecule has 97 heavy (non-hydrogen) atoms. The molecule has 7 atom stereocenters. The lowest BCUT2D eigenvalue weighted by Crippen LogP contribution is -2.60. The Morgan fingerprint density at radius 2 is 1.22 bits per heavy atom. The fraction of sp³-hybridized carbons (Fsp3) is 0.426. The van der Waals surface area contributed by atoms with Gasteiger partial charge in [-0.3, -0.25) is 24.4 Å². The summed E-state index contributed by atoms with van der Waals surface area (Å²) in [7, 11) is 2.04. The number of aliphatic hydroxyl groups is 4. The summed E-state index contributed by atoms with van der Waals surface area (Å²) >= 11 is 0.